The van der Waals surface area contributed by atoms with Gasteiger partial charge in [-0.3, -0.25) is 4.79 Å². The summed E-state index contributed by atoms with van der Waals surface area (Å²) in [4.78, 5) is 20.6. The van der Waals surface area contributed by atoms with Gasteiger partial charge in [0.15, 0.2) is 0 Å². The van der Waals surface area contributed by atoms with Crippen molar-refractivity contribution in [1.82, 2.24) is 15.3 Å². The number of carbonyl (C=O) groups excluding carboxylic acids is 1. The van der Waals surface area contributed by atoms with Crippen LogP contribution in [0.2, 0.25) is 0 Å². The maximum atomic E-state index is 12.2. The van der Waals surface area contributed by atoms with Crippen LogP contribution in [0.1, 0.15) is 21.5 Å². The molecule has 6 heteroatoms. The molecule has 0 bridgehead atoms. The Morgan fingerprint density at radius 2 is 1.54 bits per heavy atom. The molecule has 0 unspecified atom stereocenters. The predicted octanol–water partition coefficient (Wildman–Crippen LogP) is 3.11. The van der Waals surface area contributed by atoms with Gasteiger partial charge in [0.25, 0.3) is 5.91 Å². The number of ether oxygens (including phenoxy) is 1. The first-order valence-electron chi connectivity index (χ1n) is 9.25. The fraction of sp³-hybridized carbons (Fsp3) is 0.227. The van der Waals surface area contributed by atoms with E-state index in [-0.39, 0.29) is 5.91 Å². The van der Waals surface area contributed by atoms with Crippen LogP contribution in [-0.2, 0) is 12.8 Å². The summed E-state index contributed by atoms with van der Waals surface area (Å²) >= 11 is 0. The Balaban J connectivity index is 1.41. The summed E-state index contributed by atoms with van der Waals surface area (Å²) in [5, 5.41) is 6.06. The van der Waals surface area contributed by atoms with E-state index in [9.17, 15) is 4.79 Å². The quantitative estimate of drug-likeness (QED) is 0.600. The van der Waals surface area contributed by atoms with E-state index in [2.05, 4.69) is 20.6 Å². The number of amides is 1. The Hall–Kier alpha value is -3.41. The van der Waals surface area contributed by atoms with Gasteiger partial charge >= 0.3 is 0 Å². The zero-order valence-electron chi connectivity index (χ0n) is 15.9. The molecule has 0 spiro atoms. The van der Waals surface area contributed by atoms with Crippen molar-refractivity contribution in [3.05, 3.63) is 83.7 Å². The largest absolute Gasteiger partial charge is 0.497 e. The van der Waals surface area contributed by atoms with Crippen molar-refractivity contribution in [1.29, 1.82) is 0 Å². The molecule has 0 aliphatic carbocycles. The zero-order valence-corrected chi connectivity index (χ0v) is 15.9. The minimum atomic E-state index is -0.166. The van der Waals surface area contributed by atoms with Crippen molar-refractivity contribution in [2.45, 2.75) is 12.8 Å². The van der Waals surface area contributed by atoms with E-state index in [0.717, 1.165) is 18.6 Å². The van der Waals surface area contributed by atoms with Gasteiger partial charge < -0.3 is 15.4 Å². The molecule has 0 saturated carbocycles. The smallest absolute Gasteiger partial charge is 0.254 e. The van der Waals surface area contributed by atoms with Crippen molar-refractivity contribution < 1.29 is 9.53 Å². The van der Waals surface area contributed by atoms with Crippen molar-refractivity contribution >= 4 is 11.9 Å². The lowest BCUT2D eigenvalue weighted by Crippen LogP contribution is -2.26. The van der Waals surface area contributed by atoms with Gasteiger partial charge in [0, 0.05) is 25.5 Å². The maximum Gasteiger partial charge on any atom is 0.254 e. The Labute approximate surface area is 165 Å². The van der Waals surface area contributed by atoms with Gasteiger partial charge in [0.1, 0.15) is 5.75 Å². The summed E-state index contributed by atoms with van der Waals surface area (Å²) in [6.45, 7) is 1.28. The van der Waals surface area contributed by atoms with Crippen LogP contribution in [0.15, 0.2) is 67.0 Å². The molecule has 1 amide bonds. The monoisotopic (exact) mass is 376 g/mol. The molecular weight excluding hydrogens is 352 g/mol. The van der Waals surface area contributed by atoms with Gasteiger partial charge in [-0.1, -0.05) is 42.5 Å². The highest BCUT2D eigenvalue weighted by molar-refractivity contribution is 5.93. The average molecular weight is 376 g/mol. The number of anilines is 1. The second-order valence-electron chi connectivity index (χ2n) is 6.31. The van der Waals surface area contributed by atoms with E-state index in [1.807, 2.05) is 54.6 Å². The number of aromatic nitrogens is 2. The maximum absolute atomic E-state index is 12.2. The van der Waals surface area contributed by atoms with Crippen LogP contribution in [0.4, 0.5) is 5.95 Å². The lowest BCUT2D eigenvalue weighted by Gasteiger charge is -2.07. The van der Waals surface area contributed by atoms with Crippen LogP contribution >= 0.6 is 0 Å². The molecule has 0 radical (unpaired) electrons. The summed E-state index contributed by atoms with van der Waals surface area (Å²) in [7, 11) is 1.65. The molecule has 3 aromatic rings. The van der Waals surface area contributed by atoms with Crippen LogP contribution in [0.25, 0.3) is 0 Å². The van der Waals surface area contributed by atoms with Gasteiger partial charge in [-0.15, -0.1) is 0 Å². The highest BCUT2D eigenvalue weighted by Gasteiger charge is 2.06. The third-order valence-electron chi connectivity index (χ3n) is 4.31. The molecule has 144 valence electrons. The van der Waals surface area contributed by atoms with E-state index in [1.54, 1.807) is 19.5 Å². The zero-order chi connectivity index (χ0) is 19.6. The number of methoxy groups -OCH3 is 1. The number of rotatable bonds is 9. The van der Waals surface area contributed by atoms with E-state index in [4.69, 9.17) is 4.74 Å². The van der Waals surface area contributed by atoms with E-state index < -0.39 is 0 Å². The van der Waals surface area contributed by atoms with Crippen molar-refractivity contribution in [3.63, 3.8) is 0 Å². The molecule has 0 aliphatic heterocycles. The molecule has 28 heavy (non-hydrogen) atoms. The molecule has 2 aromatic carbocycles. The van der Waals surface area contributed by atoms with E-state index in [0.29, 0.717) is 24.6 Å². The molecule has 0 saturated heterocycles. The van der Waals surface area contributed by atoms with E-state index in [1.165, 1.54) is 11.1 Å². The third-order valence-corrected chi connectivity index (χ3v) is 4.31. The summed E-state index contributed by atoms with van der Waals surface area (Å²) < 4.78 is 5.15. The second-order valence-corrected chi connectivity index (χ2v) is 6.31. The number of benzene rings is 2. The Morgan fingerprint density at radius 3 is 2.21 bits per heavy atom. The summed E-state index contributed by atoms with van der Waals surface area (Å²) in [5.41, 5.74) is 2.84. The minimum Gasteiger partial charge on any atom is -0.497 e. The Morgan fingerprint density at radius 1 is 0.893 bits per heavy atom. The third kappa shape index (κ3) is 5.81. The molecule has 1 heterocycles. The van der Waals surface area contributed by atoms with Gasteiger partial charge in [-0.2, -0.15) is 0 Å². The highest BCUT2D eigenvalue weighted by atomic mass is 16.5. The lowest BCUT2D eigenvalue weighted by atomic mass is 10.1. The van der Waals surface area contributed by atoms with Crippen LogP contribution in [0.3, 0.4) is 0 Å². The van der Waals surface area contributed by atoms with Crippen molar-refractivity contribution in [2.75, 3.05) is 25.5 Å². The van der Waals surface area contributed by atoms with Crippen molar-refractivity contribution in [3.8, 4) is 5.75 Å². The van der Waals surface area contributed by atoms with Gasteiger partial charge in [-0.05, 0) is 36.1 Å². The minimum absolute atomic E-state index is 0.166. The van der Waals surface area contributed by atoms with Gasteiger partial charge in [0.05, 0.1) is 12.7 Å². The number of carbonyl (C=O) groups is 1. The normalized spacial score (nSPS) is 10.3. The van der Waals surface area contributed by atoms with Crippen LogP contribution in [0.5, 0.6) is 5.75 Å². The topological polar surface area (TPSA) is 76.1 Å². The summed E-state index contributed by atoms with van der Waals surface area (Å²) in [6, 6.07) is 18.0. The molecular formula is C22H24N4O2. The van der Waals surface area contributed by atoms with Crippen LogP contribution < -0.4 is 15.4 Å². The summed E-state index contributed by atoms with van der Waals surface area (Å²) in [5.74, 6) is 1.19. The fourth-order valence-corrected chi connectivity index (χ4v) is 2.71. The van der Waals surface area contributed by atoms with Crippen LogP contribution in [-0.4, -0.2) is 36.1 Å². The molecule has 6 nitrogen and oxygen atoms in total. The predicted molar refractivity (Wildman–Crippen MR) is 110 cm³/mol. The van der Waals surface area contributed by atoms with Gasteiger partial charge in [-0.25, -0.2) is 9.97 Å². The molecule has 1 aromatic heterocycles. The first-order chi connectivity index (χ1) is 13.7. The Bertz CT molecular complexity index is 865. The standard InChI is InChI=1S/C22H24N4O2/c1-28-20-9-7-18(8-10-20)12-14-24-22-25-15-19(16-26-22)21(27)23-13-11-17-5-3-2-4-6-17/h2-10,15-16H,11-14H2,1H3,(H,23,27)(H,24,25,26). The van der Waals surface area contributed by atoms with Crippen molar-refractivity contribution in [2.24, 2.45) is 0 Å². The second kappa shape index (κ2) is 10.1. The first kappa shape index (κ1) is 19.4. The molecule has 2 N–H and O–H groups in total. The van der Waals surface area contributed by atoms with E-state index >= 15 is 0 Å². The lowest BCUT2D eigenvalue weighted by molar-refractivity contribution is 0.0953. The first-order valence-corrected chi connectivity index (χ1v) is 9.25. The number of nitrogens with one attached hydrogen (secondary N) is 2. The fourth-order valence-electron chi connectivity index (χ4n) is 2.71. The molecule has 0 aliphatic rings. The summed E-state index contributed by atoms with van der Waals surface area (Å²) in [6.07, 6.45) is 4.72. The van der Waals surface area contributed by atoms with Crippen LogP contribution in [0, 0.1) is 0 Å². The Kier molecular flexibility index (Phi) is 6.95. The number of hydrogen-bond donors (Lipinski definition) is 2. The average Bonchev–Trinajstić information content (AvgIpc) is 2.75. The SMILES string of the molecule is COc1ccc(CCNc2ncc(C(=O)NCCc3ccccc3)cn2)cc1. The molecule has 3 rings (SSSR count). The molecule has 0 fully saturated rings. The number of hydrogen-bond acceptors (Lipinski definition) is 5. The molecule has 0 atom stereocenters. The number of nitrogens with zero attached hydrogens (tertiary/aromatic N) is 2. The van der Waals surface area contributed by atoms with Gasteiger partial charge in [0.2, 0.25) is 5.95 Å². The highest BCUT2D eigenvalue weighted by Crippen LogP contribution is 2.11.